The summed E-state index contributed by atoms with van der Waals surface area (Å²) in [7, 11) is 3.23. The molecule has 0 radical (unpaired) electrons. The monoisotopic (exact) mass is 516 g/mol. The number of ether oxygens (including phenoxy) is 1. The summed E-state index contributed by atoms with van der Waals surface area (Å²) in [4.78, 5) is 23.7. The largest absolute Gasteiger partial charge is 0.384 e. The number of carbonyl (C=O) groups excluding carboxylic acids is 1. The molecule has 10 heteroatoms. The van der Waals surface area contributed by atoms with Gasteiger partial charge in [0.25, 0.3) is 0 Å². The molecule has 0 fully saturated rings. The van der Waals surface area contributed by atoms with Crippen LogP contribution < -0.4 is 10.2 Å². The molecule has 2 atom stereocenters. The van der Waals surface area contributed by atoms with Gasteiger partial charge in [-0.3, -0.25) is 4.79 Å². The Balaban J connectivity index is 1.81. The second kappa shape index (κ2) is 8.95. The molecular formula is C27H31F3N4O3. The third kappa shape index (κ3) is 4.21. The molecule has 3 aromatic rings. The summed E-state index contributed by atoms with van der Waals surface area (Å²) in [6.07, 6.45) is 0. The number of methoxy groups -OCH3 is 1. The lowest BCUT2D eigenvalue weighted by Gasteiger charge is -2.30. The van der Waals surface area contributed by atoms with Crippen LogP contribution in [0.15, 0.2) is 30.3 Å². The first-order chi connectivity index (χ1) is 17.1. The van der Waals surface area contributed by atoms with Gasteiger partial charge in [0.15, 0.2) is 0 Å². The average Bonchev–Trinajstić information content (AvgIpc) is 2.98. The Bertz CT molecular complexity index is 1390. The molecular weight excluding hydrogens is 485 g/mol. The number of hydrogen-bond acceptors (Lipinski definition) is 6. The fourth-order valence-corrected chi connectivity index (χ4v) is 4.87. The van der Waals surface area contributed by atoms with Gasteiger partial charge in [0.05, 0.1) is 29.1 Å². The van der Waals surface area contributed by atoms with E-state index in [0.29, 0.717) is 28.2 Å². The summed E-state index contributed by atoms with van der Waals surface area (Å²) >= 11 is 0. The van der Waals surface area contributed by atoms with E-state index < -0.39 is 34.4 Å². The molecule has 0 unspecified atom stereocenters. The molecule has 1 amide bonds. The van der Waals surface area contributed by atoms with E-state index in [0.717, 1.165) is 25.5 Å². The summed E-state index contributed by atoms with van der Waals surface area (Å²) in [5.41, 5.74) is -2.23. The van der Waals surface area contributed by atoms with Crippen molar-refractivity contribution in [1.29, 1.82) is 0 Å². The van der Waals surface area contributed by atoms with Crippen molar-refractivity contribution in [3.05, 3.63) is 58.7 Å². The van der Waals surface area contributed by atoms with Crippen molar-refractivity contribution in [2.45, 2.75) is 57.6 Å². The van der Waals surface area contributed by atoms with Crippen LogP contribution in [-0.4, -0.2) is 47.3 Å². The lowest BCUT2D eigenvalue weighted by Crippen LogP contribution is -2.41. The highest BCUT2D eigenvalue weighted by Gasteiger charge is 2.49. The molecule has 0 bridgehead atoms. The van der Waals surface area contributed by atoms with Crippen molar-refractivity contribution in [2.24, 2.45) is 0 Å². The number of aliphatic hydroxyl groups is 1. The van der Waals surface area contributed by atoms with Crippen molar-refractivity contribution in [2.75, 3.05) is 31.0 Å². The molecule has 0 spiro atoms. The number of fused-ring (bicyclic) bond motifs is 2. The number of aromatic nitrogens is 2. The Morgan fingerprint density at radius 1 is 1.24 bits per heavy atom. The normalized spacial score (nSPS) is 18.9. The van der Waals surface area contributed by atoms with E-state index in [1.54, 1.807) is 31.9 Å². The van der Waals surface area contributed by atoms with E-state index in [1.165, 1.54) is 19.2 Å². The van der Waals surface area contributed by atoms with E-state index in [2.05, 4.69) is 15.3 Å². The van der Waals surface area contributed by atoms with Crippen molar-refractivity contribution < 1.29 is 27.8 Å². The fourth-order valence-electron chi connectivity index (χ4n) is 4.87. The molecule has 2 heterocycles. The molecule has 1 aromatic heterocycles. The van der Waals surface area contributed by atoms with E-state index in [1.807, 2.05) is 13.0 Å². The Morgan fingerprint density at radius 2 is 1.92 bits per heavy atom. The highest BCUT2D eigenvalue weighted by molar-refractivity contribution is 6.10. The van der Waals surface area contributed by atoms with Gasteiger partial charge in [-0.25, -0.2) is 14.4 Å². The minimum atomic E-state index is -3.81. The molecule has 1 aliphatic rings. The molecule has 0 aliphatic carbocycles. The summed E-state index contributed by atoms with van der Waals surface area (Å²) in [6, 6.07) is 6.58. The first-order valence-corrected chi connectivity index (χ1v) is 11.9. The van der Waals surface area contributed by atoms with E-state index in [9.17, 15) is 18.7 Å². The zero-order valence-electron chi connectivity index (χ0n) is 21.9. The van der Waals surface area contributed by atoms with Gasteiger partial charge in [-0.1, -0.05) is 12.1 Å². The summed E-state index contributed by atoms with van der Waals surface area (Å²) in [5, 5.41) is 13.7. The van der Waals surface area contributed by atoms with Crippen LogP contribution in [0, 0.1) is 12.7 Å². The van der Waals surface area contributed by atoms with Crippen molar-refractivity contribution in [3.63, 3.8) is 0 Å². The van der Waals surface area contributed by atoms with Gasteiger partial charge in [-0.2, -0.15) is 8.78 Å². The molecule has 2 aromatic carbocycles. The zero-order chi connectivity index (χ0) is 27.5. The number of likely N-dealkylation sites (N-methyl/N-ethyl adjacent to an activating group) is 1. The highest BCUT2D eigenvalue weighted by Crippen LogP contribution is 2.45. The molecule has 1 aliphatic heterocycles. The van der Waals surface area contributed by atoms with Gasteiger partial charge in [0.2, 0.25) is 5.91 Å². The molecule has 0 saturated carbocycles. The lowest BCUT2D eigenvalue weighted by molar-refractivity contribution is -0.170. The van der Waals surface area contributed by atoms with Crippen LogP contribution in [0.4, 0.5) is 24.7 Å². The third-order valence-electron chi connectivity index (χ3n) is 7.05. The summed E-state index contributed by atoms with van der Waals surface area (Å²) in [6.45, 7) is 7.20. The van der Waals surface area contributed by atoms with E-state index in [4.69, 9.17) is 4.74 Å². The van der Waals surface area contributed by atoms with E-state index >= 15 is 4.39 Å². The van der Waals surface area contributed by atoms with Crippen molar-refractivity contribution >= 4 is 28.3 Å². The molecule has 2 N–H and O–H groups in total. The SMILES string of the molecule is COC[C@@]1(C)C(=O)N(C)c2cc3nc(C)nc(N[C@H](C)c4cccc(C(F)(F)C(C)(C)O)c4F)c3cc21. The Morgan fingerprint density at radius 3 is 2.54 bits per heavy atom. The van der Waals surface area contributed by atoms with Crippen molar-refractivity contribution in [1.82, 2.24) is 9.97 Å². The number of amides is 1. The minimum absolute atomic E-state index is 0.00821. The number of nitrogens with one attached hydrogen (secondary N) is 1. The smallest absolute Gasteiger partial charge is 0.303 e. The Labute approximate surface area is 213 Å². The van der Waals surface area contributed by atoms with Gasteiger partial charge in [-0.15, -0.1) is 0 Å². The van der Waals surface area contributed by atoms with Crippen LogP contribution in [0.1, 0.15) is 56.3 Å². The highest BCUT2D eigenvalue weighted by atomic mass is 19.3. The Hall–Kier alpha value is -3.24. The molecule has 37 heavy (non-hydrogen) atoms. The van der Waals surface area contributed by atoms with Crippen LogP contribution in [-0.2, 0) is 20.9 Å². The number of carbonyl (C=O) groups is 1. The zero-order valence-corrected chi connectivity index (χ0v) is 21.9. The maximum atomic E-state index is 15.4. The number of nitrogens with zero attached hydrogens (tertiary/aromatic N) is 3. The minimum Gasteiger partial charge on any atom is -0.384 e. The van der Waals surface area contributed by atoms with Crippen molar-refractivity contribution in [3.8, 4) is 0 Å². The van der Waals surface area contributed by atoms with Crippen LogP contribution in [0.3, 0.4) is 0 Å². The number of hydrogen-bond donors (Lipinski definition) is 2. The van der Waals surface area contributed by atoms with Gasteiger partial charge in [0, 0.05) is 30.8 Å². The first-order valence-electron chi connectivity index (χ1n) is 11.9. The van der Waals surface area contributed by atoms with Gasteiger partial charge in [0.1, 0.15) is 23.1 Å². The average molecular weight is 517 g/mol. The van der Waals surface area contributed by atoms with Crippen LogP contribution in [0.5, 0.6) is 0 Å². The molecule has 198 valence electrons. The topological polar surface area (TPSA) is 87.6 Å². The number of alkyl halides is 2. The van der Waals surface area contributed by atoms with Gasteiger partial charge in [-0.05, 0) is 58.4 Å². The van der Waals surface area contributed by atoms with Crippen LogP contribution in [0.25, 0.3) is 10.9 Å². The standard InChI is InChI=1S/C27H31F3N4O3/c1-14(16-9-8-10-18(22(16)28)27(29,30)25(3,4)36)31-23-17-11-19-21(12-20(17)32-15(2)33-23)34(6)24(35)26(19,5)13-37-7/h8-12,14,36H,13H2,1-7H3,(H,31,32,33)/t14-,26-/m1/s1. The van der Waals surface area contributed by atoms with E-state index in [-0.39, 0.29) is 18.1 Å². The number of benzene rings is 2. The summed E-state index contributed by atoms with van der Waals surface area (Å²) < 4.78 is 50.3. The maximum Gasteiger partial charge on any atom is 0.303 e. The maximum absolute atomic E-state index is 15.4. The predicted octanol–water partition coefficient (Wildman–Crippen LogP) is 4.99. The molecule has 4 rings (SSSR count). The second-order valence-electron chi connectivity index (χ2n) is 10.3. The third-order valence-corrected chi connectivity index (χ3v) is 7.05. The quantitative estimate of drug-likeness (QED) is 0.460. The predicted molar refractivity (Wildman–Crippen MR) is 136 cm³/mol. The number of halogens is 3. The van der Waals surface area contributed by atoms with Crippen LogP contribution in [0.2, 0.25) is 0 Å². The molecule has 7 nitrogen and oxygen atoms in total. The van der Waals surface area contributed by atoms with Crippen LogP contribution >= 0.6 is 0 Å². The Kier molecular flexibility index (Phi) is 6.49. The molecule has 0 saturated heterocycles. The number of aryl methyl sites for hydroxylation is 1. The second-order valence-corrected chi connectivity index (χ2v) is 10.3. The first kappa shape index (κ1) is 26.8. The number of rotatable bonds is 7. The number of anilines is 2. The van der Waals surface area contributed by atoms with Gasteiger partial charge >= 0.3 is 5.92 Å². The van der Waals surface area contributed by atoms with Gasteiger partial charge < -0.3 is 20.1 Å². The lowest BCUT2D eigenvalue weighted by atomic mass is 9.84. The summed E-state index contributed by atoms with van der Waals surface area (Å²) in [5.74, 6) is -4.21. The fraction of sp³-hybridized carbons (Fsp3) is 0.444.